The first-order valence-electron chi connectivity index (χ1n) is 3.98. The first kappa shape index (κ1) is 9.33. The summed E-state index contributed by atoms with van der Waals surface area (Å²) in [6.07, 6.45) is 4.83. The van der Waals surface area contributed by atoms with Crippen LogP contribution >= 0.6 is 11.3 Å². The Bertz CT molecular complexity index is 418. The molecular formula is C8H7BN2O2S. The molecule has 0 unspecified atom stereocenters. The molecule has 0 atom stereocenters. The van der Waals surface area contributed by atoms with Crippen LogP contribution in [0.4, 0.5) is 0 Å². The average molecular weight is 206 g/mol. The van der Waals surface area contributed by atoms with E-state index in [0.717, 1.165) is 11.3 Å². The van der Waals surface area contributed by atoms with Crippen molar-refractivity contribution in [3.8, 4) is 11.3 Å². The molecule has 2 rings (SSSR count). The van der Waals surface area contributed by atoms with E-state index in [1.54, 1.807) is 24.7 Å². The van der Waals surface area contributed by atoms with Gasteiger partial charge in [0.25, 0.3) is 0 Å². The maximum atomic E-state index is 8.91. The van der Waals surface area contributed by atoms with E-state index in [0.29, 0.717) is 4.78 Å². The smallest absolute Gasteiger partial charge is 0.423 e. The fourth-order valence-corrected chi connectivity index (χ4v) is 1.84. The van der Waals surface area contributed by atoms with Crippen molar-refractivity contribution in [2.75, 3.05) is 0 Å². The third kappa shape index (κ3) is 1.82. The molecule has 2 aromatic rings. The maximum absolute atomic E-state index is 8.91. The third-order valence-electron chi connectivity index (χ3n) is 1.73. The minimum atomic E-state index is -1.41. The number of aromatic nitrogens is 2. The van der Waals surface area contributed by atoms with E-state index < -0.39 is 7.12 Å². The summed E-state index contributed by atoms with van der Waals surface area (Å²) in [5, 5.41) is 19.6. The Hall–Kier alpha value is -1.24. The molecule has 0 amide bonds. The van der Waals surface area contributed by atoms with Gasteiger partial charge in [0.05, 0.1) is 11.9 Å². The Balaban J connectivity index is 2.34. The largest absolute Gasteiger partial charge is 0.499 e. The van der Waals surface area contributed by atoms with Crippen molar-refractivity contribution in [2.45, 2.75) is 0 Å². The molecule has 0 aliphatic carbocycles. The lowest BCUT2D eigenvalue weighted by Crippen LogP contribution is -2.26. The first-order chi connectivity index (χ1) is 6.77. The van der Waals surface area contributed by atoms with Crippen molar-refractivity contribution in [3.63, 3.8) is 0 Å². The number of hydrogen-bond donors (Lipinski definition) is 2. The third-order valence-corrected chi connectivity index (χ3v) is 2.71. The highest BCUT2D eigenvalue weighted by molar-refractivity contribution is 7.20. The van der Waals surface area contributed by atoms with Crippen molar-refractivity contribution in [3.05, 3.63) is 30.0 Å². The van der Waals surface area contributed by atoms with E-state index in [1.165, 1.54) is 11.3 Å². The Morgan fingerprint density at radius 2 is 2.14 bits per heavy atom. The zero-order chi connectivity index (χ0) is 9.97. The second-order valence-electron chi connectivity index (χ2n) is 2.70. The van der Waals surface area contributed by atoms with E-state index in [-0.39, 0.29) is 0 Å². The molecule has 0 aromatic carbocycles. The van der Waals surface area contributed by atoms with Crippen molar-refractivity contribution >= 4 is 23.2 Å². The molecule has 2 heterocycles. The lowest BCUT2D eigenvalue weighted by Gasteiger charge is -1.93. The molecule has 0 aliphatic heterocycles. The van der Waals surface area contributed by atoms with Gasteiger partial charge in [0, 0.05) is 22.7 Å². The summed E-state index contributed by atoms with van der Waals surface area (Å²) < 4.78 is 0.505. The summed E-state index contributed by atoms with van der Waals surface area (Å²) in [4.78, 5) is 8.03. The lowest BCUT2D eigenvalue weighted by molar-refractivity contribution is 0.427. The molecule has 4 nitrogen and oxygen atoms in total. The normalized spacial score (nSPS) is 10.1. The quantitative estimate of drug-likeness (QED) is 0.672. The molecular weight excluding hydrogens is 199 g/mol. The summed E-state index contributed by atoms with van der Waals surface area (Å²) in [5.74, 6) is 0. The number of nitrogens with zero attached hydrogens (tertiary/aromatic N) is 2. The molecule has 0 bridgehead atoms. The van der Waals surface area contributed by atoms with Gasteiger partial charge in [-0.1, -0.05) is 0 Å². The molecule has 0 spiro atoms. The van der Waals surface area contributed by atoms with Crippen LogP contribution < -0.4 is 4.78 Å². The van der Waals surface area contributed by atoms with Crippen LogP contribution in [-0.4, -0.2) is 27.1 Å². The summed E-state index contributed by atoms with van der Waals surface area (Å²) in [6.45, 7) is 0. The van der Waals surface area contributed by atoms with Crippen LogP contribution in [0.1, 0.15) is 0 Å². The van der Waals surface area contributed by atoms with E-state index in [2.05, 4.69) is 9.97 Å². The van der Waals surface area contributed by atoms with Crippen molar-refractivity contribution in [1.29, 1.82) is 0 Å². The number of hydrogen-bond acceptors (Lipinski definition) is 5. The van der Waals surface area contributed by atoms with Crippen LogP contribution in [0.15, 0.2) is 30.0 Å². The fraction of sp³-hybridized carbons (Fsp3) is 0. The SMILES string of the molecule is OB(O)c1cc(-c2cnccn2)cs1. The fourth-order valence-electron chi connectivity index (χ4n) is 1.07. The van der Waals surface area contributed by atoms with Gasteiger partial charge >= 0.3 is 7.12 Å². The second kappa shape index (κ2) is 3.87. The summed E-state index contributed by atoms with van der Waals surface area (Å²) in [5.41, 5.74) is 1.59. The van der Waals surface area contributed by atoms with Crippen LogP contribution in [0, 0.1) is 0 Å². The van der Waals surface area contributed by atoms with Gasteiger partial charge in [0.2, 0.25) is 0 Å². The van der Waals surface area contributed by atoms with Gasteiger partial charge in [0.1, 0.15) is 0 Å². The molecule has 0 fully saturated rings. The minimum Gasteiger partial charge on any atom is -0.423 e. The van der Waals surface area contributed by atoms with Gasteiger partial charge in [-0.3, -0.25) is 9.97 Å². The van der Waals surface area contributed by atoms with Crippen molar-refractivity contribution < 1.29 is 10.0 Å². The highest BCUT2D eigenvalue weighted by Gasteiger charge is 2.14. The molecule has 70 valence electrons. The van der Waals surface area contributed by atoms with E-state index in [1.807, 2.05) is 5.38 Å². The zero-order valence-corrected chi connectivity index (χ0v) is 7.98. The Morgan fingerprint density at radius 1 is 1.29 bits per heavy atom. The van der Waals surface area contributed by atoms with Gasteiger partial charge in [-0.2, -0.15) is 11.3 Å². The summed E-state index contributed by atoms with van der Waals surface area (Å²) >= 11 is 1.28. The lowest BCUT2D eigenvalue weighted by atomic mass is 9.89. The van der Waals surface area contributed by atoms with Crippen LogP contribution in [0.2, 0.25) is 0 Å². The predicted molar refractivity (Wildman–Crippen MR) is 55.2 cm³/mol. The van der Waals surface area contributed by atoms with Crippen molar-refractivity contribution in [1.82, 2.24) is 9.97 Å². The van der Waals surface area contributed by atoms with Crippen LogP contribution in [0.5, 0.6) is 0 Å². The van der Waals surface area contributed by atoms with E-state index in [9.17, 15) is 0 Å². The highest BCUT2D eigenvalue weighted by Crippen LogP contribution is 2.17. The predicted octanol–water partition coefficient (Wildman–Crippen LogP) is -0.115. The number of thiophene rings is 1. The van der Waals surface area contributed by atoms with Crippen LogP contribution in [0.3, 0.4) is 0 Å². The summed E-state index contributed by atoms with van der Waals surface area (Å²) in [6, 6.07) is 1.69. The first-order valence-corrected chi connectivity index (χ1v) is 4.86. The molecule has 6 heteroatoms. The van der Waals surface area contributed by atoms with Gasteiger partial charge in [-0.05, 0) is 11.4 Å². The van der Waals surface area contributed by atoms with Gasteiger partial charge in [0.15, 0.2) is 0 Å². The van der Waals surface area contributed by atoms with Crippen LogP contribution in [-0.2, 0) is 0 Å². The van der Waals surface area contributed by atoms with Gasteiger partial charge < -0.3 is 10.0 Å². The molecule has 2 aromatic heterocycles. The molecule has 2 N–H and O–H groups in total. The highest BCUT2D eigenvalue weighted by atomic mass is 32.1. The van der Waals surface area contributed by atoms with Gasteiger partial charge in [-0.15, -0.1) is 0 Å². The molecule has 0 radical (unpaired) electrons. The molecule has 0 saturated carbocycles. The summed E-state index contributed by atoms with van der Waals surface area (Å²) in [7, 11) is -1.41. The second-order valence-corrected chi connectivity index (χ2v) is 3.64. The van der Waals surface area contributed by atoms with E-state index in [4.69, 9.17) is 10.0 Å². The standard InChI is InChI=1S/C8H7BN2O2S/c12-9(13)8-3-6(5-14-8)7-4-10-1-2-11-7/h1-5,12-13H. The monoisotopic (exact) mass is 206 g/mol. The molecule has 14 heavy (non-hydrogen) atoms. The molecule has 0 saturated heterocycles. The van der Waals surface area contributed by atoms with Gasteiger partial charge in [-0.25, -0.2) is 0 Å². The zero-order valence-electron chi connectivity index (χ0n) is 7.16. The Kier molecular flexibility index (Phi) is 2.58. The Labute approximate surface area is 85.0 Å². The maximum Gasteiger partial charge on any atom is 0.499 e. The Morgan fingerprint density at radius 3 is 2.71 bits per heavy atom. The van der Waals surface area contributed by atoms with Crippen LogP contribution in [0.25, 0.3) is 11.3 Å². The van der Waals surface area contributed by atoms with Crippen molar-refractivity contribution in [2.24, 2.45) is 0 Å². The number of rotatable bonds is 2. The average Bonchev–Trinajstić information content (AvgIpc) is 2.68. The molecule has 0 aliphatic rings. The topological polar surface area (TPSA) is 66.2 Å². The van der Waals surface area contributed by atoms with E-state index >= 15 is 0 Å². The minimum absolute atomic E-state index is 0.505.